The van der Waals surface area contributed by atoms with Gasteiger partial charge < -0.3 is 5.32 Å². The molecular formula is C11H9F2N. The van der Waals surface area contributed by atoms with E-state index < -0.39 is 11.6 Å². The van der Waals surface area contributed by atoms with E-state index in [1.807, 2.05) is 0 Å². The maximum atomic E-state index is 13.2. The molecule has 0 heterocycles. The molecule has 1 nitrogen and oxygen atoms in total. The Bertz CT molecular complexity index is 368. The first-order valence-corrected chi connectivity index (χ1v) is 3.99. The van der Waals surface area contributed by atoms with Crippen LogP contribution < -0.4 is 5.32 Å². The van der Waals surface area contributed by atoms with Crippen LogP contribution in [0, 0.1) is 24.0 Å². The van der Waals surface area contributed by atoms with Gasteiger partial charge in [0.25, 0.3) is 0 Å². The lowest BCUT2D eigenvalue weighted by Crippen LogP contribution is -2.03. The van der Waals surface area contributed by atoms with Gasteiger partial charge in [-0.15, -0.1) is 13.0 Å². The fraction of sp³-hybridized carbons (Fsp3) is 0.0909. The van der Waals surface area contributed by atoms with E-state index in [2.05, 4.69) is 17.8 Å². The smallest absolute Gasteiger partial charge is 0.150 e. The normalized spacial score (nSPS) is 9.21. The van der Waals surface area contributed by atoms with E-state index in [0.717, 1.165) is 12.1 Å². The molecule has 0 amide bonds. The maximum absolute atomic E-state index is 13.2. The van der Waals surface area contributed by atoms with Gasteiger partial charge in [-0.2, -0.15) is 0 Å². The summed E-state index contributed by atoms with van der Waals surface area (Å²) in [4.78, 5) is 0. The van der Waals surface area contributed by atoms with E-state index in [9.17, 15) is 8.78 Å². The van der Waals surface area contributed by atoms with Gasteiger partial charge >= 0.3 is 0 Å². The average molecular weight is 193 g/mol. The summed E-state index contributed by atoms with van der Waals surface area (Å²) < 4.78 is 26.4. The Hall–Kier alpha value is -1.82. The number of terminal acetylenes is 1. The van der Waals surface area contributed by atoms with E-state index in [1.54, 1.807) is 0 Å². The predicted molar refractivity (Wildman–Crippen MR) is 53.0 cm³/mol. The van der Waals surface area contributed by atoms with Crippen molar-refractivity contribution in [3.63, 3.8) is 0 Å². The SMILES string of the molecule is C#Cc1cc(F)c(NCC=C)c(F)c1. The number of hydrogen-bond acceptors (Lipinski definition) is 1. The Kier molecular flexibility index (Phi) is 3.24. The second kappa shape index (κ2) is 4.43. The van der Waals surface area contributed by atoms with Gasteiger partial charge in [0.15, 0.2) is 11.6 Å². The van der Waals surface area contributed by atoms with Crippen molar-refractivity contribution in [2.75, 3.05) is 11.9 Å². The van der Waals surface area contributed by atoms with Crippen molar-refractivity contribution in [1.29, 1.82) is 0 Å². The Labute approximate surface area is 81.4 Å². The van der Waals surface area contributed by atoms with Gasteiger partial charge in [-0.3, -0.25) is 0 Å². The van der Waals surface area contributed by atoms with Gasteiger partial charge in [0.2, 0.25) is 0 Å². The summed E-state index contributed by atoms with van der Waals surface area (Å²) in [5.74, 6) is 0.775. The molecule has 0 aliphatic rings. The van der Waals surface area contributed by atoms with Crippen molar-refractivity contribution in [2.45, 2.75) is 0 Å². The van der Waals surface area contributed by atoms with E-state index in [-0.39, 0.29) is 11.3 Å². The van der Waals surface area contributed by atoms with Crippen LogP contribution in [0.5, 0.6) is 0 Å². The van der Waals surface area contributed by atoms with Gasteiger partial charge in [0.1, 0.15) is 5.69 Å². The summed E-state index contributed by atoms with van der Waals surface area (Å²) in [6, 6.07) is 2.21. The highest BCUT2D eigenvalue weighted by atomic mass is 19.1. The molecule has 0 atom stereocenters. The van der Waals surface area contributed by atoms with E-state index in [4.69, 9.17) is 6.42 Å². The third-order valence-corrected chi connectivity index (χ3v) is 1.63. The molecule has 0 fully saturated rings. The lowest BCUT2D eigenvalue weighted by molar-refractivity contribution is 0.588. The molecule has 1 aromatic carbocycles. The van der Waals surface area contributed by atoms with Crippen LogP contribution in [0.4, 0.5) is 14.5 Å². The van der Waals surface area contributed by atoms with Gasteiger partial charge in [0.05, 0.1) is 0 Å². The van der Waals surface area contributed by atoms with Crippen LogP contribution in [0.2, 0.25) is 0 Å². The van der Waals surface area contributed by atoms with E-state index in [1.165, 1.54) is 6.08 Å². The summed E-state index contributed by atoms with van der Waals surface area (Å²) in [6.45, 7) is 3.72. The number of halogens is 2. The van der Waals surface area contributed by atoms with Gasteiger partial charge in [-0.25, -0.2) is 8.78 Å². The van der Waals surface area contributed by atoms with Gasteiger partial charge in [-0.1, -0.05) is 12.0 Å². The molecule has 3 heteroatoms. The van der Waals surface area contributed by atoms with Crippen molar-refractivity contribution in [3.05, 3.63) is 42.0 Å². The lowest BCUT2D eigenvalue weighted by Gasteiger charge is -2.06. The third-order valence-electron chi connectivity index (χ3n) is 1.63. The fourth-order valence-corrected chi connectivity index (χ4v) is 1.000. The topological polar surface area (TPSA) is 12.0 Å². The first-order valence-electron chi connectivity index (χ1n) is 3.99. The molecule has 1 N–H and O–H groups in total. The molecule has 14 heavy (non-hydrogen) atoms. The van der Waals surface area contributed by atoms with Crippen molar-refractivity contribution < 1.29 is 8.78 Å². The highest BCUT2D eigenvalue weighted by Gasteiger charge is 2.08. The molecule has 0 unspecified atom stereocenters. The minimum atomic E-state index is -0.695. The third kappa shape index (κ3) is 2.11. The van der Waals surface area contributed by atoms with Crippen molar-refractivity contribution in [3.8, 4) is 12.3 Å². The molecule has 72 valence electrons. The van der Waals surface area contributed by atoms with Crippen LogP contribution in [0.15, 0.2) is 24.8 Å². The quantitative estimate of drug-likeness (QED) is 0.574. The number of anilines is 1. The Balaban J connectivity index is 3.06. The molecule has 1 aromatic rings. The van der Waals surface area contributed by atoms with Gasteiger partial charge in [0, 0.05) is 12.1 Å². The molecular weight excluding hydrogens is 184 g/mol. The number of nitrogens with one attached hydrogen (secondary N) is 1. The zero-order valence-electron chi connectivity index (χ0n) is 7.48. The molecule has 0 saturated carbocycles. The summed E-state index contributed by atoms with van der Waals surface area (Å²) in [6.07, 6.45) is 6.53. The Morgan fingerprint density at radius 2 is 2.00 bits per heavy atom. The van der Waals surface area contributed by atoms with Crippen molar-refractivity contribution in [1.82, 2.24) is 0 Å². The highest BCUT2D eigenvalue weighted by molar-refractivity contribution is 5.51. The molecule has 0 aliphatic heterocycles. The average Bonchev–Trinajstić information content (AvgIpc) is 2.16. The number of benzene rings is 1. The molecule has 0 aromatic heterocycles. The van der Waals surface area contributed by atoms with E-state index in [0.29, 0.717) is 6.54 Å². The zero-order valence-corrected chi connectivity index (χ0v) is 7.48. The van der Waals surface area contributed by atoms with Crippen LogP contribution >= 0.6 is 0 Å². The van der Waals surface area contributed by atoms with Crippen LogP contribution in [0.25, 0.3) is 0 Å². The minimum Gasteiger partial charge on any atom is -0.377 e. The summed E-state index contributed by atoms with van der Waals surface area (Å²) in [5.41, 5.74) is 0.00746. The standard InChI is InChI=1S/C11H9F2N/c1-3-5-14-11-9(12)6-8(4-2)7-10(11)13/h2-3,6-7,14H,1,5H2. The summed E-state index contributed by atoms with van der Waals surface area (Å²) >= 11 is 0. The first-order chi connectivity index (χ1) is 6.69. The second-order valence-corrected chi connectivity index (χ2v) is 2.63. The minimum absolute atomic E-state index is 0.177. The number of rotatable bonds is 3. The van der Waals surface area contributed by atoms with Crippen LogP contribution in [0.1, 0.15) is 5.56 Å². The summed E-state index contributed by atoms with van der Waals surface area (Å²) in [7, 11) is 0. The first kappa shape index (κ1) is 10.3. The summed E-state index contributed by atoms with van der Waals surface area (Å²) in [5, 5.41) is 2.55. The number of hydrogen-bond donors (Lipinski definition) is 1. The largest absolute Gasteiger partial charge is 0.377 e. The van der Waals surface area contributed by atoms with E-state index >= 15 is 0 Å². The monoisotopic (exact) mass is 193 g/mol. The molecule has 0 aliphatic carbocycles. The van der Waals surface area contributed by atoms with Crippen LogP contribution in [-0.2, 0) is 0 Å². The maximum Gasteiger partial charge on any atom is 0.150 e. The van der Waals surface area contributed by atoms with Crippen molar-refractivity contribution >= 4 is 5.69 Å². The predicted octanol–water partition coefficient (Wildman–Crippen LogP) is 2.54. The molecule has 0 saturated heterocycles. The van der Waals surface area contributed by atoms with Gasteiger partial charge in [-0.05, 0) is 12.1 Å². The Morgan fingerprint density at radius 3 is 2.43 bits per heavy atom. The van der Waals surface area contributed by atoms with Crippen molar-refractivity contribution in [2.24, 2.45) is 0 Å². The van der Waals surface area contributed by atoms with Crippen LogP contribution in [-0.4, -0.2) is 6.54 Å². The zero-order chi connectivity index (χ0) is 10.6. The Morgan fingerprint density at radius 1 is 1.43 bits per heavy atom. The molecule has 0 spiro atoms. The molecule has 0 radical (unpaired) electrons. The molecule has 1 rings (SSSR count). The lowest BCUT2D eigenvalue weighted by atomic mass is 10.2. The highest BCUT2D eigenvalue weighted by Crippen LogP contribution is 2.20. The fourth-order valence-electron chi connectivity index (χ4n) is 1.000. The molecule has 0 bridgehead atoms. The second-order valence-electron chi connectivity index (χ2n) is 2.63. The van der Waals surface area contributed by atoms with Crippen LogP contribution in [0.3, 0.4) is 0 Å².